The minimum absolute atomic E-state index is 0.0164. The molecule has 3 aromatic heterocycles. The van der Waals surface area contributed by atoms with Crippen LogP contribution in [0.2, 0.25) is 0 Å². The van der Waals surface area contributed by atoms with Crippen molar-refractivity contribution in [1.82, 2.24) is 34.6 Å². The van der Waals surface area contributed by atoms with Gasteiger partial charge < -0.3 is 25.7 Å². The van der Waals surface area contributed by atoms with Gasteiger partial charge in [-0.3, -0.25) is 9.59 Å². The number of anilines is 2. The van der Waals surface area contributed by atoms with Gasteiger partial charge in [-0.1, -0.05) is 36.4 Å². The first kappa shape index (κ1) is 26.6. The van der Waals surface area contributed by atoms with Gasteiger partial charge in [0.2, 0.25) is 5.91 Å². The average Bonchev–Trinajstić information content (AvgIpc) is 3.46. The Kier molecular flexibility index (Phi) is 6.72. The molecule has 1 saturated heterocycles. The van der Waals surface area contributed by atoms with E-state index in [1.807, 2.05) is 41.1 Å². The lowest BCUT2D eigenvalue weighted by atomic mass is 10.0. The number of piperidine rings is 1. The zero-order valence-electron chi connectivity index (χ0n) is 23.6. The highest BCUT2D eigenvalue weighted by Gasteiger charge is 2.44. The van der Waals surface area contributed by atoms with Crippen molar-refractivity contribution in [2.75, 3.05) is 31.2 Å². The Bertz CT molecular complexity index is 1790. The fraction of sp³-hybridized carbons (Fsp3) is 0.290. The number of H-pyrrole nitrogens is 1. The number of fused-ring (bicyclic) bond motifs is 1. The molecule has 43 heavy (non-hydrogen) atoms. The number of amides is 2. The van der Waals surface area contributed by atoms with Crippen LogP contribution in [0.4, 0.5) is 11.5 Å². The molecule has 0 radical (unpaired) electrons. The predicted molar refractivity (Wildman–Crippen MR) is 160 cm³/mol. The van der Waals surface area contributed by atoms with E-state index >= 15 is 0 Å². The highest BCUT2D eigenvalue weighted by molar-refractivity contribution is 6.00. The van der Waals surface area contributed by atoms with Crippen molar-refractivity contribution >= 4 is 34.4 Å². The summed E-state index contributed by atoms with van der Waals surface area (Å²) in [5.74, 6) is 1.22. The molecule has 2 fully saturated rings. The second-order valence-corrected chi connectivity index (χ2v) is 11.0. The van der Waals surface area contributed by atoms with Gasteiger partial charge in [0.1, 0.15) is 23.6 Å². The Morgan fingerprint density at radius 3 is 2.63 bits per heavy atom. The van der Waals surface area contributed by atoms with Crippen LogP contribution in [0.3, 0.4) is 0 Å². The first-order valence-corrected chi connectivity index (χ1v) is 14.3. The Balaban J connectivity index is 1.13. The number of methoxy groups -OCH3 is 1. The lowest BCUT2D eigenvalue weighted by molar-refractivity contribution is -0.117. The molecular weight excluding hydrogens is 546 g/mol. The molecule has 12 nitrogen and oxygen atoms in total. The molecule has 7 rings (SSSR count). The molecular formula is C31H31N9O3. The van der Waals surface area contributed by atoms with E-state index in [1.165, 1.54) is 11.9 Å². The number of nitrogens with one attached hydrogen (secondary N) is 2. The molecule has 0 spiro atoms. The maximum atomic E-state index is 13.1. The van der Waals surface area contributed by atoms with Crippen molar-refractivity contribution in [3.8, 4) is 17.0 Å². The van der Waals surface area contributed by atoms with Crippen molar-refractivity contribution in [3.05, 3.63) is 78.6 Å². The molecule has 1 aliphatic carbocycles. The van der Waals surface area contributed by atoms with Crippen LogP contribution in [0.5, 0.6) is 5.75 Å². The number of aromatic amines is 1. The van der Waals surface area contributed by atoms with Crippen LogP contribution in [0.15, 0.2) is 67.3 Å². The van der Waals surface area contributed by atoms with Gasteiger partial charge in [-0.25, -0.2) is 19.6 Å². The van der Waals surface area contributed by atoms with Gasteiger partial charge in [0.15, 0.2) is 11.5 Å². The number of hydrogen-bond donors (Lipinski definition) is 3. The number of carbonyl (C=O) groups excluding carboxylic acids is 2. The van der Waals surface area contributed by atoms with Gasteiger partial charge in [0, 0.05) is 37.0 Å². The summed E-state index contributed by atoms with van der Waals surface area (Å²) < 4.78 is 7.59. The van der Waals surface area contributed by atoms with Crippen molar-refractivity contribution in [2.45, 2.75) is 31.2 Å². The predicted octanol–water partition coefficient (Wildman–Crippen LogP) is 4.03. The number of rotatable bonds is 7. The largest absolute Gasteiger partial charge is 0.495 e. The molecule has 0 unspecified atom stereocenters. The second kappa shape index (κ2) is 10.9. The van der Waals surface area contributed by atoms with Gasteiger partial charge in [0.05, 0.1) is 24.2 Å². The molecule has 1 aliphatic heterocycles. The van der Waals surface area contributed by atoms with Crippen molar-refractivity contribution in [1.29, 1.82) is 0 Å². The Labute approximate surface area is 247 Å². The first-order chi connectivity index (χ1) is 21.0. The van der Waals surface area contributed by atoms with E-state index in [4.69, 9.17) is 15.6 Å². The first-order valence-electron chi connectivity index (χ1n) is 14.3. The summed E-state index contributed by atoms with van der Waals surface area (Å²) in [7, 11) is 1.57. The Morgan fingerprint density at radius 2 is 1.88 bits per heavy atom. The summed E-state index contributed by atoms with van der Waals surface area (Å²) in [4.78, 5) is 43.4. The molecule has 218 valence electrons. The second-order valence-electron chi connectivity index (χ2n) is 11.0. The molecule has 5 aromatic rings. The number of nitrogen functional groups attached to an aromatic ring is 1. The van der Waals surface area contributed by atoms with E-state index in [-0.39, 0.29) is 29.7 Å². The zero-order chi connectivity index (χ0) is 29.5. The molecule has 4 N–H and O–H groups in total. The molecule has 2 atom stereocenters. The number of aromatic nitrogens is 6. The molecule has 2 amide bonds. The number of carbonyl (C=O) groups is 2. The van der Waals surface area contributed by atoms with Crippen LogP contribution < -0.4 is 15.8 Å². The monoisotopic (exact) mass is 577 g/mol. The van der Waals surface area contributed by atoms with E-state index in [0.29, 0.717) is 65.7 Å². The number of nitrogens with zero attached hydrogens (tertiary/aromatic N) is 6. The van der Waals surface area contributed by atoms with Crippen LogP contribution in [0.25, 0.3) is 22.3 Å². The summed E-state index contributed by atoms with van der Waals surface area (Å²) in [5, 5.41) is 8.69. The van der Waals surface area contributed by atoms with Gasteiger partial charge in [0.25, 0.3) is 5.91 Å². The summed E-state index contributed by atoms with van der Waals surface area (Å²) in [6.07, 6.45) is 6.89. The van der Waals surface area contributed by atoms with Crippen molar-refractivity contribution in [2.24, 2.45) is 5.92 Å². The molecule has 12 heteroatoms. The van der Waals surface area contributed by atoms with Crippen LogP contribution in [0, 0.1) is 5.92 Å². The standard InChI is InChI=1S/C31H31N9O3/c1-43-24-15-19(7-8-23(24)37-30(41)22-16-21(22)18-5-3-2-4-6-18)26-25-27(32)35-17-36-29(25)40(38-26)20-9-13-39(14-10-20)31(42)28-33-11-12-34-28/h2-8,11-12,15,17,20-22H,9-10,13-14,16H2,1H3,(H,33,34)(H,37,41)(H2,32,35,36)/t21-,22+/m0/s1. The minimum atomic E-state index is -0.113. The van der Waals surface area contributed by atoms with Gasteiger partial charge in [-0.15, -0.1) is 0 Å². The Morgan fingerprint density at radius 1 is 1.07 bits per heavy atom. The number of benzene rings is 2. The SMILES string of the molecule is COc1cc(-c2nn(C3CCN(C(=O)c4ncc[nH]4)CC3)c3ncnc(N)c23)ccc1NC(=O)[C@@H]1C[C@H]1c1ccccc1. The summed E-state index contributed by atoms with van der Waals surface area (Å²) in [6.45, 7) is 1.13. The Hall–Kier alpha value is -5.26. The highest BCUT2D eigenvalue weighted by Crippen LogP contribution is 2.48. The smallest absolute Gasteiger partial charge is 0.289 e. The molecule has 0 bridgehead atoms. The fourth-order valence-electron chi connectivity index (χ4n) is 6.02. The van der Waals surface area contributed by atoms with E-state index in [9.17, 15) is 9.59 Å². The van der Waals surface area contributed by atoms with Gasteiger partial charge in [-0.2, -0.15) is 5.10 Å². The van der Waals surface area contributed by atoms with Crippen LogP contribution in [-0.4, -0.2) is 66.6 Å². The third-order valence-corrected chi connectivity index (χ3v) is 8.40. The maximum Gasteiger partial charge on any atom is 0.289 e. The van der Waals surface area contributed by atoms with Crippen LogP contribution >= 0.6 is 0 Å². The fourth-order valence-corrected chi connectivity index (χ4v) is 6.02. The quantitative estimate of drug-likeness (QED) is 0.262. The maximum absolute atomic E-state index is 13.1. The van der Waals surface area contributed by atoms with Crippen molar-refractivity contribution < 1.29 is 14.3 Å². The topological polar surface area (TPSA) is 157 Å². The molecule has 2 aromatic carbocycles. The number of nitrogens with two attached hydrogens (primary N) is 1. The van der Waals surface area contributed by atoms with Crippen molar-refractivity contribution in [3.63, 3.8) is 0 Å². The van der Waals surface area contributed by atoms with Crippen LogP contribution in [-0.2, 0) is 4.79 Å². The zero-order valence-corrected chi connectivity index (χ0v) is 23.6. The van der Waals surface area contributed by atoms with E-state index in [2.05, 4.69) is 37.4 Å². The van der Waals surface area contributed by atoms with E-state index in [0.717, 1.165) is 12.0 Å². The third-order valence-electron chi connectivity index (χ3n) is 8.40. The molecule has 1 saturated carbocycles. The lowest BCUT2D eigenvalue weighted by Crippen LogP contribution is -2.39. The van der Waals surface area contributed by atoms with Gasteiger partial charge in [-0.05, 0) is 42.9 Å². The normalized spacial score (nSPS) is 18.5. The lowest BCUT2D eigenvalue weighted by Gasteiger charge is -2.31. The average molecular weight is 578 g/mol. The van der Waals surface area contributed by atoms with E-state index < -0.39 is 0 Å². The van der Waals surface area contributed by atoms with Crippen LogP contribution in [0.1, 0.15) is 47.4 Å². The summed E-state index contributed by atoms with van der Waals surface area (Å²) >= 11 is 0. The number of ether oxygens (including phenoxy) is 1. The summed E-state index contributed by atoms with van der Waals surface area (Å²) in [5.41, 5.74) is 10.2. The third kappa shape index (κ3) is 4.94. The number of likely N-dealkylation sites (tertiary alicyclic amines) is 1. The number of imidazole rings is 1. The summed E-state index contributed by atoms with van der Waals surface area (Å²) in [6, 6.07) is 15.7. The number of hydrogen-bond acceptors (Lipinski definition) is 8. The molecule has 2 aliphatic rings. The van der Waals surface area contributed by atoms with E-state index in [1.54, 1.807) is 24.4 Å². The minimum Gasteiger partial charge on any atom is -0.495 e. The van der Waals surface area contributed by atoms with Gasteiger partial charge >= 0.3 is 0 Å². The highest BCUT2D eigenvalue weighted by atomic mass is 16.5. The molecule has 4 heterocycles.